The third kappa shape index (κ3) is 5.73. The van der Waals surface area contributed by atoms with Crippen LogP contribution in [0, 0.1) is 6.92 Å². The van der Waals surface area contributed by atoms with Gasteiger partial charge in [-0.05, 0) is 87.4 Å². The second-order valence-corrected chi connectivity index (χ2v) is 11.5. The van der Waals surface area contributed by atoms with Crippen LogP contribution in [0.1, 0.15) is 70.4 Å². The van der Waals surface area contributed by atoms with Gasteiger partial charge in [-0.25, -0.2) is 4.98 Å². The van der Waals surface area contributed by atoms with Gasteiger partial charge in [0.15, 0.2) is 0 Å². The van der Waals surface area contributed by atoms with E-state index in [0.717, 1.165) is 61.5 Å². The quantitative estimate of drug-likeness (QED) is 0.415. The number of piperidine rings is 1. The van der Waals surface area contributed by atoms with E-state index in [2.05, 4.69) is 44.7 Å². The van der Waals surface area contributed by atoms with Gasteiger partial charge >= 0.3 is 0 Å². The zero-order chi connectivity index (χ0) is 28.3. The Morgan fingerprint density at radius 1 is 0.951 bits per heavy atom. The molecule has 3 saturated heterocycles. The monoisotopic (exact) mass is 553 g/mol. The summed E-state index contributed by atoms with van der Waals surface area (Å²) in [6.07, 6.45) is 8.11. The van der Waals surface area contributed by atoms with Crippen LogP contribution in [-0.4, -0.2) is 55.1 Å². The molecule has 3 aliphatic heterocycles. The first-order valence-electron chi connectivity index (χ1n) is 14.8. The molecular formula is C33H39N5O3. The lowest BCUT2D eigenvalue weighted by Crippen LogP contribution is -2.50. The van der Waals surface area contributed by atoms with Crippen LogP contribution in [0.3, 0.4) is 0 Å². The molecule has 214 valence electrons. The Balaban J connectivity index is 1.03. The van der Waals surface area contributed by atoms with Crippen LogP contribution < -0.4 is 25.2 Å². The van der Waals surface area contributed by atoms with Crippen LogP contribution >= 0.6 is 0 Å². The number of pyridine rings is 1. The van der Waals surface area contributed by atoms with Gasteiger partial charge in [-0.1, -0.05) is 18.2 Å². The van der Waals surface area contributed by atoms with E-state index in [0.29, 0.717) is 29.8 Å². The first-order chi connectivity index (χ1) is 20.0. The number of fused-ring (bicyclic) bond motifs is 2. The van der Waals surface area contributed by atoms with E-state index in [1.54, 1.807) is 13.3 Å². The van der Waals surface area contributed by atoms with E-state index in [4.69, 9.17) is 9.72 Å². The highest BCUT2D eigenvalue weighted by Gasteiger charge is 2.42. The maximum atomic E-state index is 13.1. The van der Waals surface area contributed by atoms with Gasteiger partial charge in [0.25, 0.3) is 11.8 Å². The normalized spacial score (nSPS) is 21.6. The molecule has 2 amide bonds. The molecule has 6 rings (SSSR count). The van der Waals surface area contributed by atoms with Crippen LogP contribution in [-0.2, 0) is 6.54 Å². The second-order valence-electron chi connectivity index (χ2n) is 11.5. The number of methoxy groups -OCH3 is 1. The number of ether oxygens (including phenoxy) is 1. The molecule has 2 bridgehead atoms. The fourth-order valence-corrected chi connectivity index (χ4v) is 6.77. The number of hydrogen-bond acceptors (Lipinski definition) is 6. The molecule has 0 saturated carbocycles. The average Bonchev–Trinajstić information content (AvgIpc) is 3.63. The lowest BCUT2D eigenvalue weighted by Gasteiger charge is -2.40. The summed E-state index contributed by atoms with van der Waals surface area (Å²) in [4.78, 5) is 35.4. The molecule has 0 spiro atoms. The highest BCUT2D eigenvalue weighted by atomic mass is 16.5. The van der Waals surface area contributed by atoms with Gasteiger partial charge < -0.3 is 25.2 Å². The van der Waals surface area contributed by atoms with Crippen molar-refractivity contribution in [3.8, 4) is 5.75 Å². The zero-order valence-corrected chi connectivity index (χ0v) is 23.9. The first-order valence-corrected chi connectivity index (χ1v) is 14.8. The van der Waals surface area contributed by atoms with Gasteiger partial charge in [-0.2, -0.15) is 0 Å². The van der Waals surface area contributed by atoms with Crippen molar-refractivity contribution in [3.05, 3.63) is 83.0 Å². The molecule has 3 aliphatic rings. The van der Waals surface area contributed by atoms with Crippen LogP contribution in [0.4, 0.5) is 11.5 Å². The molecule has 2 aromatic carbocycles. The predicted octanol–water partition coefficient (Wildman–Crippen LogP) is 4.86. The minimum absolute atomic E-state index is 0.0460. The zero-order valence-electron chi connectivity index (χ0n) is 23.9. The number of nitrogens with one attached hydrogen (secondary N) is 2. The third-order valence-electron chi connectivity index (χ3n) is 8.95. The standard InChI is InChI=1S/C33H39N5O3/c1-22-29(6-5-7-30(22)41-2)33(40)36-25-18-27-13-14-28(19-25)38(27)31-15-10-24(21-34-31)32(39)35-20-23-8-11-26(12-9-23)37-16-3-4-17-37/h5-12,15,21,25,27-28H,3-4,13-14,16-20H2,1-2H3,(H,35,39)(H,36,40). The summed E-state index contributed by atoms with van der Waals surface area (Å²) < 4.78 is 5.39. The van der Waals surface area contributed by atoms with Gasteiger partial charge in [0.05, 0.1) is 12.7 Å². The summed E-state index contributed by atoms with van der Waals surface area (Å²) in [5.74, 6) is 1.46. The first kappa shape index (κ1) is 27.1. The molecule has 2 atom stereocenters. The number of anilines is 2. The number of benzene rings is 2. The number of carbonyl (C=O) groups excluding carboxylic acids is 2. The molecular weight excluding hydrogens is 514 g/mol. The topological polar surface area (TPSA) is 86.8 Å². The van der Waals surface area contributed by atoms with Crippen molar-refractivity contribution >= 4 is 23.3 Å². The smallest absolute Gasteiger partial charge is 0.253 e. The number of hydrogen-bond donors (Lipinski definition) is 2. The summed E-state index contributed by atoms with van der Waals surface area (Å²) in [6.45, 7) is 4.65. The Hall–Kier alpha value is -4.07. The van der Waals surface area contributed by atoms with Crippen molar-refractivity contribution in [2.24, 2.45) is 0 Å². The van der Waals surface area contributed by atoms with E-state index in [-0.39, 0.29) is 17.9 Å². The highest BCUT2D eigenvalue weighted by molar-refractivity contribution is 5.96. The van der Waals surface area contributed by atoms with Crippen molar-refractivity contribution in [2.45, 2.75) is 70.1 Å². The van der Waals surface area contributed by atoms with Gasteiger partial charge in [0, 0.05) is 60.8 Å². The Kier molecular flexibility index (Phi) is 7.81. The second kappa shape index (κ2) is 11.8. The van der Waals surface area contributed by atoms with Gasteiger partial charge in [-0.3, -0.25) is 9.59 Å². The van der Waals surface area contributed by atoms with Crippen LogP contribution in [0.25, 0.3) is 0 Å². The minimum atomic E-state index is -0.120. The lowest BCUT2D eigenvalue weighted by atomic mass is 9.96. The Morgan fingerprint density at radius 2 is 1.68 bits per heavy atom. The fraction of sp³-hybridized carbons (Fsp3) is 0.424. The molecule has 41 heavy (non-hydrogen) atoms. The van der Waals surface area contributed by atoms with Crippen LogP contribution in [0.2, 0.25) is 0 Å². The summed E-state index contributed by atoms with van der Waals surface area (Å²) >= 11 is 0. The van der Waals surface area contributed by atoms with Gasteiger partial charge in [0.2, 0.25) is 0 Å². The van der Waals surface area contributed by atoms with E-state index in [1.165, 1.54) is 18.5 Å². The maximum absolute atomic E-state index is 13.1. The fourth-order valence-electron chi connectivity index (χ4n) is 6.77. The van der Waals surface area contributed by atoms with Crippen molar-refractivity contribution in [1.82, 2.24) is 15.6 Å². The van der Waals surface area contributed by atoms with Crippen molar-refractivity contribution in [1.29, 1.82) is 0 Å². The largest absolute Gasteiger partial charge is 0.496 e. The van der Waals surface area contributed by atoms with E-state index in [9.17, 15) is 9.59 Å². The molecule has 3 aromatic rings. The van der Waals surface area contributed by atoms with Crippen molar-refractivity contribution < 1.29 is 14.3 Å². The molecule has 4 heterocycles. The Labute approximate surface area is 242 Å². The number of amides is 2. The summed E-state index contributed by atoms with van der Waals surface area (Å²) in [6, 6.07) is 18.6. The molecule has 2 unspecified atom stereocenters. The molecule has 2 N–H and O–H groups in total. The summed E-state index contributed by atoms with van der Waals surface area (Å²) in [5.41, 5.74) is 4.42. The average molecular weight is 554 g/mol. The molecule has 8 heteroatoms. The molecule has 3 fully saturated rings. The van der Waals surface area contributed by atoms with E-state index >= 15 is 0 Å². The minimum Gasteiger partial charge on any atom is -0.496 e. The number of nitrogens with zero attached hydrogens (tertiary/aromatic N) is 3. The number of aromatic nitrogens is 1. The third-order valence-corrected chi connectivity index (χ3v) is 8.95. The van der Waals surface area contributed by atoms with Gasteiger partial charge in [-0.15, -0.1) is 0 Å². The Morgan fingerprint density at radius 3 is 2.34 bits per heavy atom. The Bertz CT molecular complexity index is 1370. The number of rotatable bonds is 8. The maximum Gasteiger partial charge on any atom is 0.253 e. The van der Waals surface area contributed by atoms with Gasteiger partial charge in [0.1, 0.15) is 11.6 Å². The number of carbonyl (C=O) groups is 2. The van der Waals surface area contributed by atoms with Crippen LogP contribution in [0.5, 0.6) is 5.75 Å². The lowest BCUT2D eigenvalue weighted by molar-refractivity contribution is 0.0923. The van der Waals surface area contributed by atoms with Crippen LogP contribution in [0.15, 0.2) is 60.8 Å². The molecule has 8 nitrogen and oxygen atoms in total. The molecule has 1 aromatic heterocycles. The summed E-state index contributed by atoms with van der Waals surface area (Å²) in [7, 11) is 1.62. The SMILES string of the molecule is COc1cccc(C(=O)NC2CC3CCC(C2)N3c2ccc(C(=O)NCc3ccc(N4CCCC4)cc3)cn2)c1C. The molecule has 0 radical (unpaired) electrons. The highest BCUT2D eigenvalue weighted by Crippen LogP contribution is 2.38. The predicted molar refractivity (Wildman–Crippen MR) is 161 cm³/mol. The van der Waals surface area contributed by atoms with Crippen molar-refractivity contribution in [3.63, 3.8) is 0 Å². The molecule has 0 aliphatic carbocycles. The van der Waals surface area contributed by atoms with Crippen molar-refractivity contribution in [2.75, 3.05) is 30.0 Å². The van der Waals surface area contributed by atoms with E-state index < -0.39 is 0 Å². The van der Waals surface area contributed by atoms with E-state index in [1.807, 2.05) is 37.3 Å². The summed E-state index contributed by atoms with van der Waals surface area (Å²) in [5, 5.41) is 6.30.